The van der Waals surface area contributed by atoms with Gasteiger partial charge in [-0.15, -0.1) is 0 Å². The topological polar surface area (TPSA) is 108 Å². The predicted molar refractivity (Wildman–Crippen MR) is 130 cm³/mol. The smallest absolute Gasteiger partial charge is 0.276 e. The second-order valence-corrected chi connectivity index (χ2v) is 9.15. The van der Waals surface area contributed by atoms with Gasteiger partial charge < -0.3 is 9.64 Å². The van der Waals surface area contributed by atoms with Crippen molar-refractivity contribution in [3.8, 4) is 5.75 Å². The number of nitrogens with one attached hydrogen (secondary N) is 2. The number of nitrogens with zero attached hydrogens (tertiary/aromatic N) is 2. The van der Waals surface area contributed by atoms with E-state index in [2.05, 4.69) is 10.9 Å². The van der Waals surface area contributed by atoms with E-state index < -0.39 is 11.6 Å². The van der Waals surface area contributed by atoms with Crippen molar-refractivity contribution >= 4 is 29.3 Å². The average molecular weight is 479 g/mol. The molecule has 184 valence electrons. The minimum atomic E-state index is -0.751. The Morgan fingerprint density at radius 3 is 2.54 bits per heavy atom. The highest BCUT2D eigenvalue weighted by molar-refractivity contribution is 6.10. The molecule has 9 nitrogen and oxygen atoms in total. The summed E-state index contributed by atoms with van der Waals surface area (Å²) in [7, 11) is 0. The van der Waals surface area contributed by atoms with Crippen LogP contribution in [0.15, 0.2) is 42.5 Å². The molecule has 1 unspecified atom stereocenters. The molecule has 1 saturated heterocycles. The van der Waals surface area contributed by atoms with Gasteiger partial charge in [0.2, 0.25) is 11.8 Å². The molecule has 0 spiro atoms. The van der Waals surface area contributed by atoms with Crippen molar-refractivity contribution in [3.63, 3.8) is 0 Å². The lowest BCUT2D eigenvalue weighted by molar-refractivity contribution is -0.130. The summed E-state index contributed by atoms with van der Waals surface area (Å²) in [6.45, 7) is 5.92. The number of hydrogen-bond acceptors (Lipinski definition) is 5. The van der Waals surface area contributed by atoms with Crippen LogP contribution in [-0.2, 0) is 14.4 Å². The number of aryl methyl sites for hydroxylation is 2. The summed E-state index contributed by atoms with van der Waals surface area (Å²) in [6, 6.07) is 12.7. The standard InChI is InChI=1S/C26H30N4O5/c1-17-10-11-19(15-18(17)2)35-16-23(32)28-27-22(31)9-6-14-29-25(34)20-7-4-5-8-21(20)30-24(33)12-13-26(29,30)3/h4-5,7-8,10-11,15H,6,9,12-14,16H2,1-3H3,(H,27,31)(H,28,32). The number of fused-ring (bicyclic) bond motifs is 3. The van der Waals surface area contributed by atoms with Crippen LogP contribution >= 0.6 is 0 Å². The Kier molecular flexibility index (Phi) is 6.77. The number of hydrogen-bond donors (Lipinski definition) is 2. The lowest BCUT2D eigenvalue weighted by Gasteiger charge is -2.48. The monoisotopic (exact) mass is 478 g/mol. The number of benzene rings is 2. The first-order chi connectivity index (χ1) is 16.7. The fourth-order valence-corrected chi connectivity index (χ4v) is 4.63. The summed E-state index contributed by atoms with van der Waals surface area (Å²) in [4.78, 5) is 53.5. The molecule has 1 atom stereocenters. The maximum Gasteiger partial charge on any atom is 0.276 e. The highest BCUT2D eigenvalue weighted by Gasteiger charge is 2.52. The number of ether oxygens (including phenoxy) is 1. The van der Waals surface area contributed by atoms with Crippen LogP contribution in [0.4, 0.5) is 5.69 Å². The lowest BCUT2D eigenvalue weighted by atomic mass is 9.98. The van der Waals surface area contributed by atoms with E-state index in [0.717, 1.165) is 11.1 Å². The van der Waals surface area contributed by atoms with Gasteiger partial charge in [-0.05, 0) is 69.0 Å². The Bertz CT molecular complexity index is 1180. The van der Waals surface area contributed by atoms with Gasteiger partial charge >= 0.3 is 0 Å². The Morgan fingerprint density at radius 2 is 1.77 bits per heavy atom. The Labute approximate surface area is 204 Å². The molecule has 0 radical (unpaired) electrons. The zero-order valence-electron chi connectivity index (χ0n) is 20.2. The van der Waals surface area contributed by atoms with Crippen molar-refractivity contribution in [2.75, 3.05) is 18.1 Å². The molecule has 9 heteroatoms. The molecule has 4 amide bonds. The summed E-state index contributed by atoms with van der Waals surface area (Å²) in [5, 5.41) is 0. The van der Waals surface area contributed by atoms with E-state index in [0.29, 0.717) is 42.8 Å². The minimum absolute atomic E-state index is 0.0130. The second-order valence-electron chi connectivity index (χ2n) is 9.15. The summed E-state index contributed by atoms with van der Waals surface area (Å²) >= 11 is 0. The van der Waals surface area contributed by atoms with Gasteiger partial charge in [0, 0.05) is 19.4 Å². The van der Waals surface area contributed by atoms with E-state index >= 15 is 0 Å². The Hall–Kier alpha value is -3.88. The van der Waals surface area contributed by atoms with Crippen LogP contribution in [0.1, 0.15) is 54.1 Å². The highest BCUT2D eigenvalue weighted by Crippen LogP contribution is 2.44. The molecule has 2 aliphatic heterocycles. The second kappa shape index (κ2) is 9.77. The summed E-state index contributed by atoms with van der Waals surface area (Å²) in [5.41, 5.74) is 7.29. The molecule has 0 aromatic heterocycles. The summed E-state index contributed by atoms with van der Waals surface area (Å²) in [5.74, 6) is -0.437. The number of para-hydroxylation sites is 1. The predicted octanol–water partition coefficient (Wildman–Crippen LogP) is 2.61. The zero-order valence-corrected chi connectivity index (χ0v) is 20.2. The first-order valence-electron chi connectivity index (χ1n) is 11.7. The van der Waals surface area contributed by atoms with Crippen LogP contribution in [0.5, 0.6) is 5.75 Å². The largest absolute Gasteiger partial charge is 0.484 e. The third kappa shape index (κ3) is 4.84. The van der Waals surface area contributed by atoms with E-state index in [1.807, 2.05) is 39.0 Å². The zero-order chi connectivity index (χ0) is 25.2. The molecule has 2 aliphatic rings. The van der Waals surface area contributed by atoms with Gasteiger partial charge in [0.15, 0.2) is 6.61 Å². The SMILES string of the molecule is Cc1ccc(OCC(=O)NNC(=O)CCCN2C(=O)c3ccccc3N3C(=O)CCC23C)cc1C. The van der Waals surface area contributed by atoms with E-state index in [-0.39, 0.29) is 30.7 Å². The minimum Gasteiger partial charge on any atom is -0.484 e. The normalized spacial score (nSPS) is 18.7. The van der Waals surface area contributed by atoms with Gasteiger partial charge in [0.1, 0.15) is 11.4 Å². The molecule has 0 saturated carbocycles. The molecule has 1 fully saturated rings. The van der Waals surface area contributed by atoms with Gasteiger partial charge in [-0.2, -0.15) is 0 Å². The third-order valence-electron chi connectivity index (χ3n) is 6.72. The van der Waals surface area contributed by atoms with Crippen LogP contribution in [-0.4, -0.2) is 47.3 Å². The Morgan fingerprint density at radius 1 is 1.03 bits per heavy atom. The van der Waals surface area contributed by atoms with Crippen LogP contribution in [0, 0.1) is 13.8 Å². The van der Waals surface area contributed by atoms with Crippen molar-refractivity contribution in [3.05, 3.63) is 59.2 Å². The van der Waals surface area contributed by atoms with Gasteiger partial charge in [0.05, 0.1) is 11.3 Å². The molecule has 35 heavy (non-hydrogen) atoms. The van der Waals surface area contributed by atoms with Gasteiger partial charge in [-0.1, -0.05) is 18.2 Å². The average Bonchev–Trinajstić information content (AvgIpc) is 3.15. The van der Waals surface area contributed by atoms with Gasteiger partial charge in [-0.25, -0.2) is 0 Å². The van der Waals surface area contributed by atoms with Crippen molar-refractivity contribution in [1.82, 2.24) is 15.8 Å². The number of carbonyl (C=O) groups is 4. The first-order valence-corrected chi connectivity index (χ1v) is 11.7. The molecule has 0 bridgehead atoms. The molecular weight excluding hydrogens is 448 g/mol. The number of amides is 4. The van der Waals surface area contributed by atoms with Crippen molar-refractivity contribution in [1.29, 1.82) is 0 Å². The fourth-order valence-electron chi connectivity index (χ4n) is 4.63. The molecule has 2 aromatic rings. The van der Waals surface area contributed by atoms with Crippen molar-refractivity contribution < 1.29 is 23.9 Å². The number of carbonyl (C=O) groups excluding carboxylic acids is 4. The van der Waals surface area contributed by atoms with Crippen LogP contribution < -0.4 is 20.5 Å². The molecule has 4 rings (SSSR count). The first kappa shape index (κ1) is 24.3. The quantitative estimate of drug-likeness (QED) is 0.595. The molecule has 2 aromatic carbocycles. The van der Waals surface area contributed by atoms with Gasteiger partial charge in [0.25, 0.3) is 11.8 Å². The molecule has 2 heterocycles. The Balaban J connectivity index is 1.26. The van der Waals surface area contributed by atoms with Crippen LogP contribution in [0.2, 0.25) is 0 Å². The van der Waals surface area contributed by atoms with Crippen molar-refractivity contribution in [2.45, 2.75) is 52.1 Å². The number of rotatable bonds is 7. The van der Waals surface area contributed by atoms with E-state index in [1.165, 1.54) is 0 Å². The fraction of sp³-hybridized carbons (Fsp3) is 0.385. The van der Waals surface area contributed by atoms with E-state index in [1.54, 1.807) is 34.1 Å². The molecule has 2 N–H and O–H groups in total. The molecular formula is C26H30N4O5. The number of anilines is 1. The van der Waals surface area contributed by atoms with Gasteiger partial charge in [-0.3, -0.25) is 34.9 Å². The maximum absolute atomic E-state index is 13.2. The van der Waals surface area contributed by atoms with Crippen LogP contribution in [0.3, 0.4) is 0 Å². The maximum atomic E-state index is 13.2. The highest BCUT2D eigenvalue weighted by atomic mass is 16.5. The van der Waals surface area contributed by atoms with Crippen molar-refractivity contribution in [2.24, 2.45) is 0 Å². The lowest BCUT2D eigenvalue weighted by Crippen LogP contribution is -2.62. The molecule has 0 aliphatic carbocycles. The third-order valence-corrected chi connectivity index (χ3v) is 6.72. The van der Waals surface area contributed by atoms with Crippen LogP contribution in [0.25, 0.3) is 0 Å². The summed E-state index contributed by atoms with van der Waals surface area (Å²) in [6.07, 6.45) is 1.39. The van der Waals surface area contributed by atoms with E-state index in [4.69, 9.17) is 4.74 Å². The number of hydrazine groups is 1. The van der Waals surface area contributed by atoms with E-state index in [9.17, 15) is 19.2 Å². The summed E-state index contributed by atoms with van der Waals surface area (Å²) < 4.78 is 5.46.